The Balaban J connectivity index is 2.17. The first-order valence-corrected chi connectivity index (χ1v) is 9.83. The molecule has 1 fully saturated rings. The number of aromatic nitrogens is 2. The van der Waals surface area contributed by atoms with Gasteiger partial charge in [0.2, 0.25) is 23.6 Å². The van der Waals surface area contributed by atoms with Crippen LogP contribution in [0.15, 0.2) is 0 Å². The lowest BCUT2D eigenvalue weighted by Gasteiger charge is -2.33. The second kappa shape index (κ2) is 9.41. The van der Waals surface area contributed by atoms with Gasteiger partial charge in [0.05, 0.1) is 26.4 Å². The van der Waals surface area contributed by atoms with Crippen molar-refractivity contribution in [2.45, 2.75) is 66.1 Å². The zero-order chi connectivity index (χ0) is 20.9. The Hall–Kier alpha value is -2.09. The van der Waals surface area contributed by atoms with Gasteiger partial charge < -0.3 is 24.4 Å². The monoisotopic (exact) mass is 394 g/mol. The molecular formula is C20H34N4O4. The number of piperidine rings is 1. The molecule has 1 N–H and O–H groups in total. The maximum Gasteiger partial charge on any atom is 0.246 e. The highest BCUT2D eigenvalue weighted by Crippen LogP contribution is 2.35. The molecule has 1 saturated heterocycles. The summed E-state index contributed by atoms with van der Waals surface area (Å²) in [5.74, 6) is 0.993. The first kappa shape index (κ1) is 22.2. The molecule has 0 radical (unpaired) electrons. The summed E-state index contributed by atoms with van der Waals surface area (Å²) in [4.78, 5) is 23.5. The van der Waals surface area contributed by atoms with Crippen LogP contribution in [0.25, 0.3) is 0 Å². The van der Waals surface area contributed by atoms with Gasteiger partial charge >= 0.3 is 0 Å². The number of carbonyl (C=O) groups excluding carboxylic acids is 1. The maximum absolute atomic E-state index is 12.4. The summed E-state index contributed by atoms with van der Waals surface area (Å²) in [6.45, 7) is 11.7. The molecule has 0 aliphatic carbocycles. The summed E-state index contributed by atoms with van der Waals surface area (Å²) in [5, 5.41) is 2.84. The van der Waals surface area contributed by atoms with Crippen molar-refractivity contribution in [3.8, 4) is 11.8 Å². The third-order valence-electron chi connectivity index (χ3n) is 4.36. The molecule has 158 valence electrons. The first-order valence-electron chi connectivity index (χ1n) is 9.83. The SMILES string of the molecule is COc1nc(N2CCC(OC(C)C)CC2)nc(OC)c1NC(=O)CC(C)(C)C. The quantitative estimate of drug-likeness (QED) is 0.759. The number of ether oxygens (including phenoxy) is 3. The summed E-state index contributed by atoms with van der Waals surface area (Å²) in [5.41, 5.74) is 0.231. The van der Waals surface area contributed by atoms with Crippen molar-refractivity contribution in [3.05, 3.63) is 0 Å². The van der Waals surface area contributed by atoms with E-state index < -0.39 is 0 Å². The van der Waals surface area contributed by atoms with E-state index in [4.69, 9.17) is 14.2 Å². The second-order valence-corrected chi connectivity index (χ2v) is 8.57. The van der Waals surface area contributed by atoms with Crippen LogP contribution in [-0.2, 0) is 9.53 Å². The molecule has 1 amide bonds. The van der Waals surface area contributed by atoms with Crippen molar-refractivity contribution < 1.29 is 19.0 Å². The highest BCUT2D eigenvalue weighted by molar-refractivity contribution is 5.93. The van der Waals surface area contributed by atoms with E-state index in [-0.39, 0.29) is 23.5 Å². The molecule has 2 rings (SSSR count). The van der Waals surface area contributed by atoms with Crippen molar-refractivity contribution >= 4 is 17.5 Å². The Bertz CT molecular complexity index is 640. The number of anilines is 2. The molecule has 2 heterocycles. The number of carbonyl (C=O) groups is 1. The average Bonchev–Trinajstić information content (AvgIpc) is 2.60. The highest BCUT2D eigenvalue weighted by Gasteiger charge is 2.26. The normalized spacial score (nSPS) is 15.6. The van der Waals surface area contributed by atoms with E-state index in [1.807, 2.05) is 20.8 Å². The van der Waals surface area contributed by atoms with E-state index in [0.29, 0.717) is 29.8 Å². The first-order chi connectivity index (χ1) is 13.1. The van der Waals surface area contributed by atoms with Crippen LogP contribution in [0.3, 0.4) is 0 Å². The summed E-state index contributed by atoms with van der Waals surface area (Å²) >= 11 is 0. The van der Waals surface area contributed by atoms with Gasteiger partial charge in [0.1, 0.15) is 0 Å². The molecule has 1 aromatic rings. The van der Waals surface area contributed by atoms with Gasteiger partial charge in [-0.05, 0) is 32.1 Å². The van der Waals surface area contributed by atoms with Gasteiger partial charge in [0, 0.05) is 19.5 Å². The lowest BCUT2D eigenvalue weighted by atomic mass is 9.92. The summed E-state index contributed by atoms with van der Waals surface area (Å²) in [6, 6.07) is 0. The largest absolute Gasteiger partial charge is 0.479 e. The number of nitrogens with one attached hydrogen (secondary N) is 1. The molecule has 0 bridgehead atoms. The summed E-state index contributed by atoms with van der Waals surface area (Å²) in [6.07, 6.45) is 2.68. The van der Waals surface area contributed by atoms with E-state index >= 15 is 0 Å². The minimum atomic E-state index is -0.132. The Kier molecular flexibility index (Phi) is 7.46. The number of methoxy groups -OCH3 is 2. The van der Waals surface area contributed by atoms with Gasteiger partial charge in [-0.25, -0.2) is 0 Å². The van der Waals surface area contributed by atoms with Crippen LogP contribution >= 0.6 is 0 Å². The molecule has 1 aliphatic rings. The predicted molar refractivity (Wildman–Crippen MR) is 109 cm³/mol. The average molecular weight is 395 g/mol. The maximum atomic E-state index is 12.4. The Labute approximate surface area is 168 Å². The van der Waals surface area contributed by atoms with E-state index in [2.05, 4.69) is 34.0 Å². The molecule has 8 nitrogen and oxygen atoms in total. The van der Waals surface area contributed by atoms with Gasteiger partial charge in [-0.3, -0.25) is 4.79 Å². The molecule has 1 aliphatic heterocycles. The molecule has 0 unspecified atom stereocenters. The molecule has 0 spiro atoms. The lowest BCUT2D eigenvalue weighted by molar-refractivity contribution is -0.117. The van der Waals surface area contributed by atoms with E-state index in [1.165, 1.54) is 14.2 Å². The zero-order valence-corrected chi connectivity index (χ0v) is 18.2. The standard InChI is InChI=1S/C20H34N4O4/c1-13(2)28-14-8-10-24(11-9-14)19-22-17(26-6)16(18(23-19)27-7)21-15(25)12-20(3,4)5/h13-14H,8-12H2,1-7H3,(H,21,25). The van der Waals surface area contributed by atoms with Crippen molar-refractivity contribution in [1.29, 1.82) is 0 Å². The van der Waals surface area contributed by atoms with Crippen LogP contribution < -0.4 is 19.7 Å². The van der Waals surface area contributed by atoms with Gasteiger partial charge in [0.15, 0.2) is 5.69 Å². The van der Waals surface area contributed by atoms with Crippen molar-refractivity contribution in [2.75, 3.05) is 37.5 Å². The van der Waals surface area contributed by atoms with E-state index in [9.17, 15) is 4.79 Å². The molecule has 0 saturated carbocycles. The second-order valence-electron chi connectivity index (χ2n) is 8.57. The summed E-state index contributed by atoms with van der Waals surface area (Å²) in [7, 11) is 3.04. The molecular weight excluding hydrogens is 360 g/mol. The molecule has 0 aromatic carbocycles. The van der Waals surface area contributed by atoms with Crippen LogP contribution in [0.1, 0.15) is 53.9 Å². The molecule has 28 heavy (non-hydrogen) atoms. The van der Waals surface area contributed by atoms with Crippen LogP contribution in [0.4, 0.5) is 11.6 Å². The fraction of sp³-hybridized carbons (Fsp3) is 0.750. The third-order valence-corrected chi connectivity index (χ3v) is 4.36. The third kappa shape index (κ3) is 6.22. The van der Waals surface area contributed by atoms with Gasteiger partial charge in [-0.2, -0.15) is 9.97 Å². The molecule has 8 heteroatoms. The number of nitrogens with zero attached hydrogens (tertiary/aromatic N) is 3. The van der Waals surface area contributed by atoms with Crippen LogP contribution in [-0.4, -0.2) is 55.4 Å². The zero-order valence-electron chi connectivity index (χ0n) is 18.2. The van der Waals surface area contributed by atoms with Crippen molar-refractivity contribution in [2.24, 2.45) is 5.41 Å². The topological polar surface area (TPSA) is 85.8 Å². The fourth-order valence-corrected chi connectivity index (χ4v) is 3.20. The highest BCUT2D eigenvalue weighted by atomic mass is 16.5. The number of hydrogen-bond acceptors (Lipinski definition) is 7. The van der Waals surface area contributed by atoms with Crippen LogP contribution in [0, 0.1) is 5.41 Å². The van der Waals surface area contributed by atoms with Gasteiger partial charge in [0.25, 0.3) is 0 Å². The number of hydrogen-bond donors (Lipinski definition) is 1. The Morgan fingerprint density at radius 1 is 1.14 bits per heavy atom. The molecule has 1 aromatic heterocycles. The number of amides is 1. The van der Waals surface area contributed by atoms with E-state index in [0.717, 1.165) is 25.9 Å². The van der Waals surface area contributed by atoms with Crippen LogP contribution in [0.5, 0.6) is 11.8 Å². The predicted octanol–water partition coefficient (Wildman–Crippen LogP) is 3.26. The minimum absolute atomic E-state index is 0.131. The Morgan fingerprint density at radius 2 is 1.68 bits per heavy atom. The van der Waals surface area contributed by atoms with Crippen molar-refractivity contribution in [3.63, 3.8) is 0 Å². The van der Waals surface area contributed by atoms with Gasteiger partial charge in [-0.15, -0.1) is 0 Å². The van der Waals surface area contributed by atoms with Crippen molar-refractivity contribution in [1.82, 2.24) is 9.97 Å². The minimum Gasteiger partial charge on any atom is -0.479 e. The smallest absolute Gasteiger partial charge is 0.246 e. The Morgan fingerprint density at radius 3 is 2.11 bits per heavy atom. The summed E-state index contributed by atoms with van der Waals surface area (Å²) < 4.78 is 16.8. The van der Waals surface area contributed by atoms with Gasteiger partial charge in [-0.1, -0.05) is 20.8 Å². The van der Waals surface area contributed by atoms with Crippen LogP contribution in [0.2, 0.25) is 0 Å². The fourth-order valence-electron chi connectivity index (χ4n) is 3.20. The lowest BCUT2D eigenvalue weighted by Crippen LogP contribution is -2.39. The molecule has 0 atom stereocenters. The van der Waals surface area contributed by atoms with E-state index in [1.54, 1.807) is 0 Å². The number of rotatable bonds is 7.